The summed E-state index contributed by atoms with van der Waals surface area (Å²) in [6.07, 6.45) is 4.67. The SMILES string of the molecule is Cc1nn(C)cc1CNc1nccnc1C(=O)O. The van der Waals surface area contributed by atoms with Gasteiger partial charge in [0.1, 0.15) is 0 Å². The summed E-state index contributed by atoms with van der Waals surface area (Å²) in [5, 5.41) is 16.1. The number of aromatic nitrogens is 4. The molecule has 0 aliphatic rings. The highest BCUT2D eigenvalue weighted by molar-refractivity contribution is 5.90. The van der Waals surface area contributed by atoms with Gasteiger partial charge >= 0.3 is 5.97 Å². The van der Waals surface area contributed by atoms with Gasteiger partial charge in [0.05, 0.1) is 5.69 Å². The molecule has 0 amide bonds. The number of hydrogen-bond acceptors (Lipinski definition) is 5. The highest BCUT2D eigenvalue weighted by Gasteiger charge is 2.12. The third-order valence-corrected chi connectivity index (χ3v) is 2.46. The minimum Gasteiger partial charge on any atom is -0.476 e. The molecule has 2 heterocycles. The third-order valence-electron chi connectivity index (χ3n) is 2.46. The number of aromatic carboxylic acids is 1. The van der Waals surface area contributed by atoms with Gasteiger partial charge in [-0.2, -0.15) is 5.10 Å². The largest absolute Gasteiger partial charge is 0.476 e. The monoisotopic (exact) mass is 247 g/mol. The summed E-state index contributed by atoms with van der Waals surface area (Å²) < 4.78 is 1.71. The highest BCUT2D eigenvalue weighted by atomic mass is 16.4. The first-order chi connectivity index (χ1) is 8.58. The van der Waals surface area contributed by atoms with Crippen LogP contribution in [0.25, 0.3) is 0 Å². The number of nitrogens with one attached hydrogen (secondary N) is 1. The van der Waals surface area contributed by atoms with E-state index in [0.29, 0.717) is 6.54 Å². The van der Waals surface area contributed by atoms with Gasteiger partial charge in [-0.15, -0.1) is 0 Å². The van der Waals surface area contributed by atoms with E-state index in [0.717, 1.165) is 11.3 Å². The lowest BCUT2D eigenvalue weighted by Crippen LogP contribution is -2.10. The molecule has 0 radical (unpaired) electrons. The van der Waals surface area contributed by atoms with Crippen LogP contribution in [0.15, 0.2) is 18.6 Å². The molecule has 0 aromatic carbocycles. The van der Waals surface area contributed by atoms with Crippen molar-refractivity contribution in [3.05, 3.63) is 35.5 Å². The second kappa shape index (κ2) is 4.82. The fourth-order valence-corrected chi connectivity index (χ4v) is 1.63. The van der Waals surface area contributed by atoms with Crippen LogP contribution in [0.3, 0.4) is 0 Å². The quantitative estimate of drug-likeness (QED) is 0.831. The van der Waals surface area contributed by atoms with Crippen LogP contribution < -0.4 is 5.32 Å². The molecular formula is C11H13N5O2. The van der Waals surface area contributed by atoms with Crippen LogP contribution >= 0.6 is 0 Å². The Morgan fingerprint density at radius 3 is 2.78 bits per heavy atom. The van der Waals surface area contributed by atoms with Crippen LogP contribution in [-0.4, -0.2) is 30.8 Å². The summed E-state index contributed by atoms with van der Waals surface area (Å²) in [4.78, 5) is 18.7. The molecule has 0 fully saturated rings. The summed E-state index contributed by atoms with van der Waals surface area (Å²) in [5.74, 6) is -0.846. The number of carboxylic acid groups (broad SMARTS) is 1. The maximum absolute atomic E-state index is 10.9. The Labute approximate surface area is 104 Å². The van der Waals surface area contributed by atoms with Gasteiger partial charge < -0.3 is 10.4 Å². The number of carboxylic acids is 1. The molecule has 0 saturated carbocycles. The molecule has 18 heavy (non-hydrogen) atoms. The number of anilines is 1. The summed E-state index contributed by atoms with van der Waals surface area (Å²) >= 11 is 0. The van der Waals surface area contributed by atoms with Gasteiger partial charge in [0.2, 0.25) is 0 Å². The zero-order chi connectivity index (χ0) is 13.1. The lowest BCUT2D eigenvalue weighted by molar-refractivity contribution is 0.0691. The van der Waals surface area contributed by atoms with E-state index in [1.807, 2.05) is 20.2 Å². The summed E-state index contributed by atoms with van der Waals surface area (Å²) in [7, 11) is 1.83. The lowest BCUT2D eigenvalue weighted by Gasteiger charge is -2.06. The van der Waals surface area contributed by atoms with Crippen molar-refractivity contribution in [2.45, 2.75) is 13.5 Å². The first kappa shape index (κ1) is 12.0. The van der Waals surface area contributed by atoms with Crippen molar-refractivity contribution in [2.75, 3.05) is 5.32 Å². The van der Waals surface area contributed by atoms with Gasteiger partial charge in [-0.3, -0.25) is 4.68 Å². The minimum absolute atomic E-state index is 0.0842. The Kier molecular flexibility index (Phi) is 3.22. The zero-order valence-electron chi connectivity index (χ0n) is 10.1. The molecule has 0 atom stereocenters. The molecule has 0 aliphatic carbocycles. The minimum atomic E-state index is -1.10. The van der Waals surface area contributed by atoms with E-state index in [4.69, 9.17) is 5.11 Å². The average Bonchev–Trinajstić information content (AvgIpc) is 2.65. The highest BCUT2D eigenvalue weighted by Crippen LogP contribution is 2.11. The molecule has 94 valence electrons. The summed E-state index contributed by atoms with van der Waals surface area (Å²) in [5.41, 5.74) is 1.80. The Morgan fingerprint density at radius 1 is 1.44 bits per heavy atom. The molecule has 2 aromatic heterocycles. The summed E-state index contributed by atoms with van der Waals surface area (Å²) in [6.45, 7) is 2.35. The van der Waals surface area contributed by atoms with Crippen molar-refractivity contribution < 1.29 is 9.90 Å². The van der Waals surface area contributed by atoms with E-state index in [1.54, 1.807) is 4.68 Å². The lowest BCUT2D eigenvalue weighted by atomic mass is 10.2. The van der Waals surface area contributed by atoms with Crippen molar-refractivity contribution in [1.29, 1.82) is 0 Å². The predicted octanol–water partition coefficient (Wildman–Crippen LogP) is 0.829. The van der Waals surface area contributed by atoms with Crippen LogP contribution in [0, 0.1) is 6.92 Å². The van der Waals surface area contributed by atoms with E-state index >= 15 is 0 Å². The average molecular weight is 247 g/mol. The number of rotatable bonds is 4. The first-order valence-corrected chi connectivity index (χ1v) is 5.35. The van der Waals surface area contributed by atoms with Crippen LogP contribution in [0.1, 0.15) is 21.7 Å². The van der Waals surface area contributed by atoms with Crippen molar-refractivity contribution in [2.24, 2.45) is 7.05 Å². The topological polar surface area (TPSA) is 92.9 Å². The molecule has 0 spiro atoms. The predicted molar refractivity (Wildman–Crippen MR) is 64.3 cm³/mol. The second-order valence-corrected chi connectivity index (χ2v) is 3.83. The number of hydrogen-bond donors (Lipinski definition) is 2. The fraction of sp³-hybridized carbons (Fsp3) is 0.273. The Balaban J connectivity index is 2.15. The molecule has 2 rings (SSSR count). The van der Waals surface area contributed by atoms with Gasteiger partial charge in [-0.25, -0.2) is 14.8 Å². The Bertz CT molecular complexity index is 579. The molecule has 0 bridgehead atoms. The molecule has 0 saturated heterocycles. The normalized spacial score (nSPS) is 10.3. The van der Waals surface area contributed by atoms with E-state index in [1.165, 1.54) is 12.4 Å². The van der Waals surface area contributed by atoms with Gasteiger partial charge in [0, 0.05) is 37.7 Å². The second-order valence-electron chi connectivity index (χ2n) is 3.83. The van der Waals surface area contributed by atoms with Gasteiger partial charge in [0.25, 0.3) is 0 Å². The van der Waals surface area contributed by atoms with Crippen molar-refractivity contribution in [3.63, 3.8) is 0 Å². The van der Waals surface area contributed by atoms with E-state index in [-0.39, 0.29) is 11.5 Å². The van der Waals surface area contributed by atoms with Crippen LogP contribution in [0.5, 0.6) is 0 Å². The maximum atomic E-state index is 10.9. The molecule has 2 aromatic rings. The van der Waals surface area contributed by atoms with Crippen molar-refractivity contribution >= 4 is 11.8 Å². The number of aryl methyl sites for hydroxylation is 2. The molecule has 0 unspecified atom stereocenters. The van der Waals surface area contributed by atoms with Gasteiger partial charge in [0.15, 0.2) is 11.5 Å². The van der Waals surface area contributed by atoms with E-state index < -0.39 is 5.97 Å². The zero-order valence-corrected chi connectivity index (χ0v) is 10.1. The van der Waals surface area contributed by atoms with Crippen LogP contribution in [0.4, 0.5) is 5.82 Å². The molecule has 2 N–H and O–H groups in total. The molecule has 7 heteroatoms. The van der Waals surface area contributed by atoms with E-state index in [9.17, 15) is 4.79 Å². The standard InChI is InChI=1S/C11H13N5O2/c1-7-8(6-16(2)15-7)5-14-10-9(11(17)18)12-3-4-13-10/h3-4,6H,5H2,1-2H3,(H,13,14)(H,17,18). The smallest absolute Gasteiger partial charge is 0.358 e. The Hall–Kier alpha value is -2.44. The Morgan fingerprint density at radius 2 is 2.17 bits per heavy atom. The van der Waals surface area contributed by atoms with E-state index in [2.05, 4.69) is 20.4 Å². The number of nitrogens with zero attached hydrogens (tertiary/aromatic N) is 4. The third kappa shape index (κ3) is 2.45. The van der Waals surface area contributed by atoms with Gasteiger partial charge in [-0.1, -0.05) is 0 Å². The number of carbonyl (C=O) groups is 1. The van der Waals surface area contributed by atoms with Crippen LogP contribution in [-0.2, 0) is 13.6 Å². The maximum Gasteiger partial charge on any atom is 0.358 e. The van der Waals surface area contributed by atoms with Gasteiger partial charge in [-0.05, 0) is 6.92 Å². The van der Waals surface area contributed by atoms with Crippen molar-refractivity contribution in [3.8, 4) is 0 Å². The summed E-state index contributed by atoms with van der Waals surface area (Å²) in [6, 6.07) is 0. The van der Waals surface area contributed by atoms with Crippen LogP contribution in [0.2, 0.25) is 0 Å². The van der Waals surface area contributed by atoms with Crippen molar-refractivity contribution in [1.82, 2.24) is 19.7 Å². The molecule has 0 aliphatic heterocycles. The molecular weight excluding hydrogens is 234 g/mol. The first-order valence-electron chi connectivity index (χ1n) is 5.35. The fourth-order valence-electron chi connectivity index (χ4n) is 1.63. The molecule has 7 nitrogen and oxygen atoms in total.